The van der Waals surface area contributed by atoms with Gasteiger partial charge in [-0.2, -0.15) is 0 Å². The van der Waals surface area contributed by atoms with Gasteiger partial charge in [-0.25, -0.2) is 9.78 Å². The summed E-state index contributed by atoms with van der Waals surface area (Å²) in [7, 11) is 0. The predicted octanol–water partition coefficient (Wildman–Crippen LogP) is 2.06. The van der Waals surface area contributed by atoms with Gasteiger partial charge < -0.3 is 10.4 Å². The van der Waals surface area contributed by atoms with E-state index in [4.69, 9.17) is 0 Å². The number of aromatic carboxylic acids is 1. The van der Waals surface area contributed by atoms with Crippen LogP contribution < -0.4 is 10.9 Å². The molecule has 0 aromatic carbocycles. The van der Waals surface area contributed by atoms with Crippen LogP contribution in [0.1, 0.15) is 41.6 Å². The lowest BCUT2D eigenvalue weighted by atomic mass is 10.2. The van der Waals surface area contributed by atoms with E-state index in [2.05, 4.69) is 10.3 Å². The van der Waals surface area contributed by atoms with Gasteiger partial charge in [0.2, 0.25) is 0 Å². The van der Waals surface area contributed by atoms with Gasteiger partial charge in [-0.05, 0) is 31.4 Å². The highest BCUT2D eigenvalue weighted by Crippen LogP contribution is 2.23. The van der Waals surface area contributed by atoms with E-state index >= 15 is 0 Å². The summed E-state index contributed by atoms with van der Waals surface area (Å²) in [6.45, 7) is 1.85. The Hall–Kier alpha value is -2.37. The first-order valence-corrected chi connectivity index (χ1v) is 7.09. The second kappa shape index (κ2) is 5.20. The van der Waals surface area contributed by atoms with Crippen LogP contribution in [0.5, 0.6) is 0 Å². The lowest BCUT2D eigenvalue weighted by Crippen LogP contribution is -2.28. The Morgan fingerprint density at radius 1 is 1.43 bits per heavy atom. The molecule has 1 aliphatic rings. The number of aryl methyl sites for hydroxylation is 1. The van der Waals surface area contributed by atoms with Crippen molar-refractivity contribution in [3.8, 4) is 0 Å². The van der Waals surface area contributed by atoms with E-state index in [0.29, 0.717) is 5.65 Å². The first-order valence-electron chi connectivity index (χ1n) is 7.09. The van der Waals surface area contributed by atoms with Crippen LogP contribution >= 0.6 is 0 Å². The average Bonchev–Trinajstić information content (AvgIpc) is 2.93. The fraction of sp³-hybridized carbons (Fsp3) is 0.400. The molecular weight excluding hydrogens is 270 g/mol. The lowest BCUT2D eigenvalue weighted by Gasteiger charge is -2.15. The summed E-state index contributed by atoms with van der Waals surface area (Å²) in [4.78, 5) is 28.3. The standard InChI is InChI=1S/C15H17N3O3/c1-9-5-4-8-18-13(9)17-12(11(14(18)19)15(20)21)16-10-6-2-3-7-10/h4-5,8,10,16H,2-3,6-7H2,1H3,(H,20,21). The van der Waals surface area contributed by atoms with Crippen molar-refractivity contribution in [2.24, 2.45) is 0 Å². The average molecular weight is 287 g/mol. The van der Waals surface area contributed by atoms with E-state index in [-0.39, 0.29) is 17.4 Å². The minimum Gasteiger partial charge on any atom is -0.477 e. The molecule has 0 aliphatic heterocycles. The molecular formula is C15H17N3O3. The molecule has 0 spiro atoms. The zero-order chi connectivity index (χ0) is 15.0. The predicted molar refractivity (Wildman–Crippen MR) is 79.0 cm³/mol. The summed E-state index contributed by atoms with van der Waals surface area (Å²) < 4.78 is 1.29. The van der Waals surface area contributed by atoms with Crippen molar-refractivity contribution in [2.75, 3.05) is 5.32 Å². The fourth-order valence-corrected chi connectivity index (χ4v) is 2.86. The molecule has 0 amide bonds. The van der Waals surface area contributed by atoms with Crippen molar-refractivity contribution in [1.82, 2.24) is 9.38 Å². The van der Waals surface area contributed by atoms with Gasteiger partial charge in [0.25, 0.3) is 5.56 Å². The molecule has 2 aromatic heterocycles. The molecule has 21 heavy (non-hydrogen) atoms. The van der Waals surface area contributed by atoms with Gasteiger partial charge in [0.1, 0.15) is 11.5 Å². The van der Waals surface area contributed by atoms with E-state index in [1.54, 1.807) is 12.3 Å². The Kier molecular flexibility index (Phi) is 3.37. The summed E-state index contributed by atoms with van der Waals surface area (Å²) in [6.07, 6.45) is 5.74. The lowest BCUT2D eigenvalue weighted by molar-refractivity contribution is 0.0695. The highest BCUT2D eigenvalue weighted by Gasteiger charge is 2.23. The monoisotopic (exact) mass is 287 g/mol. The van der Waals surface area contributed by atoms with Crippen molar-refractivity contribution >= 4 is 17.4 Å². The van der Waals surface area contributed by atoms with Gasteiger partial charge in [0.05, 0.1) is 0 Å². The SMILES string of the molecule is Cc1cccn2c(=O)c(C(=O)O)c(NC3CCCC3)nc12. The third-order valence-corrected chi connectivity index (χ3v) is 3.96. The molecule has 2 N–H and O–H groups in total. The Balaban J connectivity index is 2.20. The zero-order valence-electron chi connectivity index (χ0n) is 11.8. The molecule has 0 saturated heterocycles. The van der Waals surface area contributed by atoms with Crippen LogP contribution in [0.2, 0.25) is 0 Å². The van der Waals surface area contributed by atoms with Crippen molar-refractivity contribution in [1.29, 1.82) is 0 Å². The molecule has 6 heteroatoms. The molecule has 3 rings (SSSR count). The van der Waals surface area contributed by atoms with E-state index in [0.717, 1.165) is 31.2 Å². The zero-order valence-corrected chi connectivity index (χ0v) is 11.8. The Morgan fingerprint density at radius 3 is 2.81 bits per heavy atom. The van der Waals surface area contributed by atoms with Crippen molar-refractivity contribution in [3.63, 3.8) is 0 Å². The molecule has 0 bridgehead atoms. The highest BCUT2D eigenvalue weighted by atomic mass is 16.4. The maximum atomic E-state index is 12.4. The third kappa shape index (κ3) is 2.37. The minimum absolute atomic E-state index is 0.189. The molecule has 2 heterocycles. The van der Waals surface area contributed by atoms with E-state index in [9.17, 15) is 14.7 Å². The number of rotatable bonds is 3. The number of nitrogens with zero attached hydrogens (tertiary/aromatic N) is 2. The first kappa shape index (κ1) is 13.6. The number of carboxylic acids is 1. The fourth-order valence-electron chi connectivity index (χ4n) is 2.86. The summed E-state index contributed by atoms with van der Waals surface area (Å²) in [5, 5.41) is 12.5. The number of carboxylic acid groups (broad SMARTS) is 1. The number of nitrogens with one attached hydrogen (secondary N) is 1. The molecule has 2 aromatic rings. The van der Waals surface area contributed by atoms with Gasteiger partial charge in [-0.3, -0.25) is 9.20 Å². The normalized spacial score (nSPS) is 15.5. The molecule has 6 nitrogen and oxygen atoms in total. The summed E-state index contributed by atoms with van der Waals surface area (Å²) in [6, 6.07) is 3.75. The maximum Gasteiger partial charge on any atom is 0.345 e. The van der Waals surface area contributed by atoms with Gasteiger partial charge in [-0.15, -0.1) is 0 Å². The molecule has 0 unspecified atom stereocenters. The molecule has 0 radical (unpaired) electrons. The largest absolute Gasteiger partial charge is 0.477 e. The molecule has 1 saturated carbocycles. The number of fused-ring (bicyclic) bond motifs is 1. The minimum atomic E-state index is -1.25. The van der Waals surface area contributed by atoms with Crippen LogP contribution in [0, 0.1) is 6.92 Å². The van der Waals surface area contributed by atoms with Crippen LogP contribution in [0.3, 0.4) is 0 Å². The Bertz CT molecular complexity index is 761. The summed E-state index contributed by atoms with van der Waals surface area (Å²) >= 11 is 0. The van der Waals surface area contributed by atoms with E-state index in [1.165, 1.54) is 4.40 Å². The number of pyridine rings is 1. The maximum absolute atomic E-state index is 12.4. The summed E-state index contributed by atoms with van der Waals surface area (Å²) in [5.74, 6) is -1.06. The molecule has 110 valence electrons. The van der Waals surface area contributed by atoms with Crippen LogP contribution in [0.15, 0.2) is 23.1 Å². The second-order valence-corrected chi connectivity index (χ2v) is 5.46. The molecule has 0 atom stereocenters. The van der Waals surface area contributed by atoms with Crippen molar-refractivity contribution in [3.05, 3.63) is 39.8 Å². The number of carbonyl (C=O) groups is 1. The van der Waals surface area contributed by atoms with Crippen LogP contribution in [-0.2, 0) is 0 Å². The van der Waals surface area contributed by atoms with Crippen LogP contribution in [-0.4, -0.2) is 26.5 Å². The Labute approximate surface area is 121 Å². The molecule has 1 aliphatic carbocycles. The van der Waals surface area contributed by atoms with Gasteiger partial charge in [0, 0.05) is 12.2 Å². The van der Waals surface area contributed by atoms with Crippen molar-refractivity contribution < 1.29 is 9.90 Å². The third-order valence-electron chi connectivity index (χ3n) is 3.96. The topological polar surface area (TPSA) is 83.7 Å². The quantitative estimate of drug-likeness (QED) is 0.902. The Morgan fingerprint density at radius 2 is 2.14 bits per heavy atom. The van der Waals surface area contributed by atoms with Crippen molar-refractivity contribution in [2.45, 2.75) is 38.6 Å². The number of aromatic nitrogens is 2. The van der Waals surface area contributed by atoms with Gasteiger partial charge in [-0.1, -0.05) is 18.9 Å². The van der Waals surface area contributed by atoms with Crippen LogP contribution in [0.4, 0.5) is 5.82 Å². The van der Waals surface area contributed by atoms with E-state index in [1.807, 2.05) is 13.0 Å². The molecule has 1 fully saturated rings. The highest BCUT2D eigenvalue weighted by molar-refractivity contribution is 5.93. The number of anilines is 1. The number of hydrogen-bond donors (Lipinski definition) is 2. The summed E-state index contributed by atoms with van der Waals surface area (Å²) in [5.41, 5.74) is 0.496. The smallest absolute Gasteiger partial charge is 0.345 e. The van der Waals surface area contributed by atoms with Gasteiger partial charge in [0.15, 0.2) is 5.56 Å². The first-order chi connectivity index (χ1) is 10.1. The van der Waals surface area contributed by atoms with Gasteiger partial charge >= 0.3 is 5.97 Å². The van der Waals surface area contributed by atoms with Crippen LogP contribution in [0.25, 0.3) is 5.65 Å². The number of hydrogen-bond acceptors (Lipinski definition) is 4. The van der Waals surface area contributed by atoms with E-state index < -0.39 is 11.5 Å². The second-order valence-electron chi connectivity index (χ2n) is 5.46.